The third kappa shape index (κ3) is 3.38. The molecule has 1 aromatic heterocycles. The minimum Gasteiger partial charge on any atom is -0.496 e. The SMILES string of the molecule is COc1ccc([N+](=O)[O-])cc1C(=O)NNC(=O)c1cccs1. The van der Waals surface area contributed by atoms with E-state index in [0.717, 1.165) is 6.07 Å². The number of nitrogens with zero attached hydrogens (tertiary/aromatic N) is 1. The van der Waals surface area contributed by atoms with E-state index < -0.39 is 16.7 Å². The zero-order valence-electron chi connectivity index (χ0n) is 11.4. The molecule has 1 aromatic carbocycles. The zero-order valence-corrected chi connectivity index (χ0v) is 12.2. The highest BCUT2D eigenvalue weighted by molar-refractivity contribution is 7.12. The number of benzene rings is 1. The van der Waals surface area contributed by atoms with Gasteiger partial charge in [0.05, 0.1) is 22.5 Å². The molecule has 0 bridgehead atoms. The van der Waals surface area contributed by atoms with Crippen molar-refractivity contribution in [3.05, 3.63) is 56.3 Å². The lowest BCUT2D eigenvalue weighted by atomic mass is 10.1. The van der Waals surface area contributed by atoms with E-state index in [1.54, 1.807) is 17.5 Å². The molecule has 9 heteroatoms. The molecule has 0 aliphatic rings. The van der Waals surface area contributed by atoms with Crippen LogP contribution in [-0.2, 0) is 0 Å². The van der Waals surface area contributed by atoms with E-state index in [4.69, 9.17) is 4.74 Å². The second-order valence-electron chi connectivity index (χ2n) is 4.03. The Kier molecular flexibility index (Phi) is 4.69. The van der Waals surface area contributed by atoms with E-state index in [9.17, 15) is 19.7 Å². The summed E-state index contributed by atoms with van der Waals surface area (Å²) in [6.07, 6.45) is 0. The highest BCUT2D eigenvalue weighted by atomic mass is 32.1. The third-order valence-corrected chi connectivity index (χ3v) is 3.54. The van der Waals surface area contributed by atoms with Crippen molar-refractivity contribution in [1.29, 1.82) is 0 Å². The maximum Gasteiger partial charge on any atom is 0.279 e. The van der Waals surface area contributed by atoms with Crippen LogP contribution in [0, 0.1) is 10.1 Å². The molecular weight excluding hydrogens is 310 g/mol. The van der Waals surface area contributed by atoms with Gasteiger partial charge in [0.15, 0.2) is 0 Å². The number of hydrogen-bond acceptors (Lipinski definition) is 6. The lowest BCUT2D eigenvalue weighted by Crippen LogP contribution is -2.41. The summed E-state index contributed by atoms with van der Waals surface area (Å²) >= 11 is 1.22. The van der Waals surface area contributed by atoms with Crippen LogP contribution in [0.2, 0.25) is 0 Å². The van der Waals surface area contributed by atoms with Crippen LogP contribution in [0.5, 0.6) is 5.75 Å². The minimum atomic E-state index is -0.717. The van der Waals surface area contributed by atoms with Crippen molar-refractivity contribution in [3.8, 4) is 5.75 Å². The Bertz CT molecular complexity index is 714. The maximum atomic E-state index is 12.0. The number of thiophene rings is 1. The van der Waals surface area contributed by atoms with E-state index in [1.807, 2.05) is 0 Å². The summed E-state index contributed by atoms with van der Waals surface area (Å²) in [5.74, 6) is -1.04. The highest BCUT2D eigenvalue weighted by Gasteiger charge is 2.18. The normalized spacial score (nSPS) is 9.86. The fourth-order valence-electron chi connectivity index (χ4n) is 1.64. The first-order valence-electron chi connectivity index (χ1n) is 5.99. The Morgan fingerprint density at radius 1 is 1.23 bits per heavy atom. The molecule has 114 valence electrons. The van der Waals surface area contributed by atoms with Gasteiger partial charge in [-0.15, -0.1) is 11.3 Å². The Balaban J connectivity index is 2.13. The second-order valence-corrected chi connectivity index (χ2v) is 4.97. The summed E-state index contributed by atoms with van der Waals surface area (Å²) in [6.45, 7) is 0. The predicted molar refractivity (Wildman–Crippen MR) is 78.9 cm³/mol. The van der Waals surface area contributed by atoms with Gasteiger partial charge in [0, 0.05) is 12.1 Å². The lowest BCUT2D eigenvalue weighted by Gasteiger charge is -2.09. The number of non-ortho nitro benzene ring substituents is 1. The van der Waals surface area contributed by atoms with Crippen LogP contribution in [0.25, 0.3) is 0 Å². The van der Waals surface area contributed by atoms with Crippen LogP contribution in [0.3, 0.4) is 0 Å². The molecule has 22 heavy (non-hydrogen) atoms. The highest BCUT2D eigenvalue weighted by Crippen LogP contribution is 2.23. The molecule has 0 unspecified atom stereocenters. The molecule has 0 aliphatic carbocycles. The van der Waals surface area contributed by atoms with Crippen molar-refractivity contribution in [3.63, 3.8) is 0 Å². The number of ether oxygens (including phenoxy) is 1. The van der Waals surface area contributed by atoms with E-state index in [2.05, 4.69) is 10.9 Å². The number of methoxy groups -OCH3 is 1. The fourth-order valence-corrected chi connectivity index (χ4v) is 2.26. The Morgan fingerprint density at radius 2 is 1.95 bits per heavy atom. The van der Waals surface area contributed by atoms with E-state index in [0.29, 0.717) is 4.88 Å². The largest absolute Gasteiger partial charge is 0.496 e. The molecule has 2 rings (SSSR count). The van der Waals surface area contributed by atoms with Crippen LogP contribution < -0.4 is 15.6 Å². The van der Waals surface area contributed by atoms with Crippen LogP contribution in [0.4, 0.5) is 5.69 Å². The van der Waals surface area contributed by atoms with Gasteiger partial charge >= 0.3 is 0 Å². The average Bonchev–Trinajstić information content (AvgIpc) is 3.06. The van der Waals surface area contributed by atoms with Gasteiger partial charge in [0.25, 0.3) is 17.5 Å². The monoisotopic (exact) mass is 321 g/mol. The molecule has 8 nitrogen and oxygen atoms in total. The van der Waals surface area contributed by atoms with E-state index >= 15 is 0 Å². The first-order chi connectivity index (χ1) is 10.5. The molecule has 2 N–H and O–H groups in total. The standard InChI is InChI=1S/C13H11N3O5S/c1-21-10-5-4-8(16(19)20)7-9(10)12(17)14-15-13(18)11-3-2-6-22-11/h2-7H,1H3,(H,14,17)(H,15,18). The van der Waals surface area contributed by atoms with Crippen molar-refractivity contribution < 1.29 is 19.2 Å². The van der Waals surface area contributed by atoms with Crippen molar-refractivity contribution in [2.45, 2.75) is 0 Å². The van der Waals surface area contributed by atoms with Gasteiger partial charge in [-0.1, -0.05) is 6.07 Å². The number of nitro groups is 1. The predicted octanol–water partition coefficient (Wildman–Crippen LogP) is 1.74. The molecule has 2 aromatic rings. The second kappa shape index (κ2) is 6.68. The number of amides is 2. The van der Waals surface area contributed by atoms with Gasteiger partial charge in [-0.05, 0) is 17.5 Å². The van der Waals surface area contributed by atoms with Crippen LogP contribution in [-0.4, -0.2) is 23.8 Å². The van der Waals surface area contributed by atoms with Crippen LogP contribution >= 0.6 is 11.3 Å². The fraction of sp³-hybridized carbons (Fsp3) is 0.0769. The summed E-state index contributed by atoms with van der Waals surface area (Å²) in [7, 11) is 1.34. The number of hydrazine groups is 1. The number of rotatable bonds is 4. The molecular formula is C13H11N3O5S. The summed E-state index contributed by atoms with van der Waals surface area (Å²) in [5, 5.41) is 12.5. The number of carbonyl (C=O) groups excluding carboxylic acids is 2. The number of hydrogen-bond donors (Lipinski definition) is 2. The summed E-state index contributed by atoms with van der Waals surface area (Å²) in [5.41, 5.74) is 4.12. The summed E-state index contributed by atoms with van der Waals surface area (Å²) in [4.78, 5) is 34.3. The molecule has 0 saturated carbocycles. The molecule has 0 spiro atoms. The third-order valence-electron chi connectivity index (χ3n) is 2.67. The first-order valence-corrected chi connectivity index (χ1v) is 6.87. The molecule has 2 amide bonds. The molecule has 0 saturated heterocycles. The van der Waals surface area contributed by atoms with Crippen molar-refractivity contribution in [1.82, 2.24) is 10.9 Å². The van der Waals surface area contributed by atoms with Gasteiger partial charge in [-0.25, -0.2) is 0 Å². The van der Waals surface area contributed by atoms with Crippen molar-refractivity contribution >= 4 is 28.8 Å². The lowest BCUT2D eigenvalue weighted by molar-refractivity contribution is -0.384. The van der Waals surface area contributed by atoms with Crippen LogP contribution in [0.1, 0.15) is 20.0 Å². The topological polar surface area (TPSA) is 111 Å². The van der Waals surface area contributed by atoms with Gasteiger partial charge in [-0.3, -0.25) is 30.6 Å². The van der Waals surface area contributed by atoms with Crippen molar-refractivity contribution in [2.75, 3.05) is 7.11 Å². The zero-order chi connectivity index (χ0) is 16.1. The Labute approximate surface area is 128 Å². The van der Waals surface area contributed by atoms with Crippen molar-refractivity contribution in [2.24, 2.45) is 0 Å². The van der Waals surface area contributed by atoms with Gasteiger partial charge in [0.2, 0.25) is 0 Å². The maximum absolute atomic E-state index is 12.0. The quantitative estimate of drug-likeness (QED) is 0.658. The van der Waals surface area contributed by atoms with Crippen LogP contribution in [0.15, 0.2) is 35.7 Å². The average molecular weight is 321 g/mol. The van der Waals surface area contributed by atoms with Gasteiger partial charge < -0.3 is 4.74 Å². The van der Waals surface area contributed by atoms with Gasteiger partial charge in [0.1, 0.15) is 5.75 Å². The molecule has 1 heterocycles. The smallest absolute Gasteiger partial charge is 0.279 e. The first kappa shape index (κ1) is 15.4. The minimum absolute atomic E-state index is 0.0526. The molecule has 0 fully saturated rings. The van der Waals surface area contributed by atoms with E-state index in [1.165, 1.54) is 30.6 Å². The number of nitro benzene ring substituents is 1. The molecule has 0 aliphatic heterocycles. The summed E-state index contributed by atoms with van der Waals surface area (Å²) in [6, 6.07) is 6.91. The number of nitrogens with one attached hydrogen (secondary N) is 2. The number of carbonyl (C=O) groups is 2. The Morgan fingerprint density at radius 3 is 2.55 bits per heavy atom. The van der Waals surface area contributed by atoms with Gasteiger partial charge in [-0.2, -0.15) is 0 Å². The Hall–Kier alpha value is -2.94. The molecule has 0 atom stereocenters. The molecule has 0 radical (unpaired) electrons. The van der Waals surface area contributed by atoms with E-state index in [-0.39, 0.29) is 17.0 Å². The summed E-state index contributed by atoms with van der Waals surface area (Å²) < 4.78 is 4.99.